The zero-order valence-corrected chi connectivity index (χ0v) is 13.1. The number of ether oxygens (including phenoxy) is 1. The second-order valence-electron chi connectivity index (χ2n) is 4.94. The highest BCUT2D eigenvalue weighted by molar-refractivity contribution is 5.87. The molecule has 0 aliphatic heterocycles. The predicted octanol–water partition coefficient (Wildman–Crippen LogP) is 0.761. The molecule has 122 valence electrons. The Morgan fingerprint density at radius 1 is 1.48 bits per heavy atom. The van der Waals surface area contributed by atoms with Gasteiger partial charge in [-0.15, -0.1) is 12.4 Å². The standard InChI is InChI=1S/C13H23N3O4.ClH/c1-3-8(4-2)20-10-6-7(12(17)18)5-9(14)11(10)16-13(15)19;/h6,8-11H,3-5,14H2,1-2H3,(H,17,18)(H3,15,16,19);1H/t9-,10+,11+;/m0./s1. The van der Waals surface area contributed by atoms with E-state index in [9.17, 15) is 9.59 Å². The van der Waals surface area contributed by atoms with E-state index in [1.165, 1.54) is 6.08 Å². The molecule has 1 aliphatic carbocycles. The molecule has 8 heteroatoms. The molecule has 0 spiro atoms. The first kappa shape index (κ1) is 19.7. The van der Waals surface area contributed by atoms with Gasteiger partial charge in [-0.25, -0.2) is 9.59 Å². The minimum Gasteiger partial charge on any atom is -0.478 e. The molecule has 0 aromatic heterocycles. The zero-order valence-electron chi connectivity index (χ0n) is 12.2. The fourth-order valence-corrected chi connectivity index (χ4v) is 2.33. The van der Waals surface area contributed by atoms with Crippen molar-refractivity contribution in [2.45, 2.75) is 57.4 Å². The molecule has 6 N–H and O–H groups in total. The minimum absolute atomic E-state index is 0. The van der Waals surface area contributed by atoms with Crippen molar-refractivity contribution < 1.29 is 19.4 Å². The molecule has 7 nitrogen and oxygen atoms in total. The normalized spacial score (nSPS) is 25.0. The van der Waals surface area contributed by atoms with Gasteiger partial charge in [-0.1, -0.05) is 13.8 Å². The van der Waals surface area contributed by atoms with Crippen LogP contribution in [0.5, 0.6) is 0 Å². The molecule has 0 aromatic rings. The maximum Gasteiger partial charge on any atom is 0.331 e. The maximum absolute atomic E-state index is 11.1. The summed E-state index contributed by atoms with van der Waals surface area (Å²) in [6.07, 6.45) is 2.67. The van der Waals surface area contributed by atoms with E-state index in [1.54, 1.807) is 0 Å². The summed E-state index contributed by atoms with van der Waals surface area (Å²) in [5.74, 6) is -1.02. The third-order valence-corrected chi connectivity index (χ3v) is 3.48. The number of aliphatic carboxylic acids is 1. The summed E-state index contributed by atoms with van der Waals surface area (Å²) >= 11 is 0. The van der Waals surface area contributed by atoms with Crippen LogP contribution in [0.25, 0.3) is 0 Å². The quantitative estimate of drug-likeness (QED) is 0.574. The van der Waals surface area contributed by atoms with E-state index < -0.39 is 30.2 Å². The van der Waals surface area contributed by atoms with Gasteiger partial charge in [0, 0.05) is 11.6 Å². The second kappa shape index (κ2) is 8.86. The predicted molar refractivity (Wildman–Crippen MR) is 81.3 cm³/mol. The molecule has 0 saturated carbocycles. The van der Waals surface area contributed by atoms with E-state index in [0.717, 1.165) is 12.8 Å². The SMILES string of the molecule is CCC(CC)O[C@@H]1C=C(C(=O)O)C[C@H](N)[C@H]1NC(N)=O.Cl. The highest BCUT2D eigenvalue weighted by Crippen LogP contribution is 2.23. The Morgan fingerprint density at radius 3 is 2.48 bits per heavy atom. The van der Waals surface area contributed by atoms with Crippen LogP contribution in [0.2, 0.25) is 0 Å². The molecule has 3 atom stereocenters. The zero-order chi connectivity index (χ0) is 15.3. The Balaban J connectivity index is 0.00000400. The lowest BCUT2D eigenvalue weighted by molar-refractivity contribution is -0.133. The molecular weight excluding hydrogens is 298 g/mol. The van der Waals surface area contributed by atoms with Gasteiger partial charge >= 0.3 is 12.0 Å². The number of urea groups is 1. The van der Waals surface area contributed by atoms with Crippen LogP contribution in [0.4, 0.5) is 4.79 Å². The molecule has 1 aliphatic rings. The number of halogens is 1. The molecule has 0 unspecified atom stereocenters. The summed E-state index contributed by atoms with van der Waals surface area (Å²) in [7, 11) is 0. The first-order chi connectivity index (χ1) is 9.38. The van der Waals surface area contributed by atoms with Gasteiger partial charge in [-0.3, -0.25) is 0 Å². The lowest BCUT2D eigenvalue weighted by Crippen LogP contribution is -2.58. The highest BCUT2D eigenvalue weighted by atomic mass is 35.5. The Labute approximate surface area is 130 Å². The molecule has 0 bridgehead atoms. The average Bonchev–Trinajstić information content (AvgIpc) is 2.38. The number of hydrogen-bond acceptors (Lipinski definition) is 4. The van der Waals surface area contributed by atoms with E-state index >= 15 is 0 Å². The molecule has 21 heavy (non-hydrogen) atoms. The third kappa shape index (κ3) is 5.53. The minimum atomic E-state index is -1.02. The van der Waals surface area contributed by atoms with Crippen molar-refractivity contribution in [3.05, 3.63) is 11.6 Å². The first-order valence-electron chi connectivity index (χ1n) is 6.80. The van der Waals surface area contributed by atoms with E-state index in [4.69, 9.17) is 21.3 Å². The van der Waals surface area contributed by atoms with Crippen molar-refractivity contribution in [1.82, 2.24) is 5.32 Å². The van der Waals surface area contributed by atoms with Gasteiger partial charge in [-0.05, 0) is 25.3 Å². The van der Waals surface area contributed by atoms with Crippen LogP contribution in [0.15, 0.2) is 11.6 Å². The topological polar surface area (TPSA) is 128 Å². The van der Waals surface area contributed by atoms with Crippen molar-refractivity contribution in [2.75, 3.05) is 0 Å². The van der Waals surface area contributed by atoms with E-state index in [1.807, 2.05) is 13.8 Å². The number of rotatable bonds is 6. The Morgan fingerprint density at radius 2 is 2.05 bits per heavy atom. The van der Waals surface area contributed by atoms with Crippen LogP contribution in [0, 0.1) is 0 Å². The van der Waals surface area contributed by atoms with Crippen molar-refractivity contribution in [2.24, 2.45) is 11.5 Å². The van der Waals surface area contributed by atoms with Gasteiger partial charge in [0.15, 0.2) is 0 Å². The van der Waals surface area contributed by atoms with E-state index in [-0.39, 0.29) is 30.5 Å². The summed E-state index contributed by atoms with van der Waals surface area (Å²) in [5.41, 5.74) is 11.3. The molecule has 0 aromatic carbocycles. The van der Waals surface area contributed by atoms with Crippen LogP contribution < -0.4 is 16.8 Å². The Bertz CT molecular complexity index is 399. The van der Waals surface area contributed by atoms with Crippen LogP contribution in [-0.2, 0) is 9.53 Å². The number of nitrogens with one attached hydrogen (secondary N) is 1. The number of carboxylic acid groups (broad SMARTS) is 1. The van der Waals surface area contributed by atoms with E-state index in [2.05, 4.69) is 5.32 Å². The van der Waals surface area contributed by atoms with Crippen LogP contribution in [-0.4, -0.2) is 41.4 Å². The monoisotopic (exact) mass is 321 g/mol. The number of hydrogen-bond donors (Lipinski definition) is 4. The van der Waals surface area contributed by atoms with Gasteiger partial charge < -0.3 is 26.6 Å². The number of nitrogens with two attached hydrogens (primary N) is 2. The van der Waals surface area contributed by atoms with Crippen molar-refractivity contribution >= 4 is 24.4 Å². The lowest BCUT2D eigenvalue weighted by Gasteiger charge is -2.36. The number of carbonyl (C=O) groups excluding carboxylic acids is 1. The fraction of sp³-hybridized carbons (Fsp3) is 0.692. The second-order valence-corrected chi connectivity index (χ2v) is 4.94. The van der Waals surface area contributed by atoms with Gasteiger partial charge in [0.1, 0.15) is 0 Å². The Kier molecular flexibility index (Phi) is 8.31. The van der Waals surface area contributed by atoms with Gasteiger partial charge in [0.25, 0.3) is 0 Å². The maximum atomic E-state index is 11.1. The average molecular weight is 322 g/mol. The van der Waals surface area contributed by atoms with Crippen molar-refractivity contribution in [3.8, 4) is 0 Å². The summed E-state index contributed by atoms with van der Waals surface area (Å²) in [5, 5.41) is 11.6. The number of primary amides is 1. The van der Waals surface area contributed by atoms with Crippen LogP contribution >= 0.6 is 12.4 Å². The Hall–Kier alpha value is -1.31. The summed E-state index contributed by atoms with van der Waals surface area (Å²) in [6.45, 7) is 3.96. The summed E-state index contributed by atoms with van der Waals surface area (Å²) in [4.78, 5) is 22.2. The molecule has 0 radical (unpaired) electrons. The van der Waals surface area contributed by atoms with Crippen molar-refractivity contribution in [1.29, 1.82) is 0 Å². The summed E-state index contributed by atoms with van der Waals surface area (Å²) < 4.78 is 5.86. The number of carbonyl (C=O) groups is 2. The van der Waals surface area contributed by atoms with Crippen LogP contribution in [0.1, 0.15) is 33.1 Å². The molecule has 0 fully saturated rings. The van der Waals surface area contributed by atoms with Crippen molar-refractivity contribution in [3.63, 3.8) is 0 Å². The molecule has 0 heterocycles. The molecule has 1 rings (SSSR count). The largest absolute Gasteiger partial charge is 0.478 e. The number of amides is 2. The smallest absolute Gasteiger partial charge is 0.331 e. The molecule has 0 saturated heterocycles. The lowest BCUT2D eigenvalue weighted by atomic mass is 9.88. The molecule has 2 amide bonds. The summed E-state index contributed by atoms with van der Waals surface area (Å²) in [6, 6.07) is -1.76. The van der Waals surface area contributed by atoms with Crippen LogP contribution in [0.3, 0.4) is 0 Å². The molecular formula is C13H24ClN3O4. The fourth-order valence-electron chi connectivity index (χ4n) is 2.33. The third-order valence-electron chi connectivity index (χ3n) is 3.48. The van der Waals surface area contributed by atoms with Gasteiger partial charge in [0.05, 0.1) is 18.2 Å². The van der Waals surface area contributed by atoms with E-state index in [0.29, 0.717) is 0 Å². The highest BCUT2D eigenvalue weighted by Gasteiger charge is 2.35. The first-order valence-corrected chi connectivity index (χ1v) is 6.80. The van der Waals surface area contributed by atoms with Gasteiger partial charge in [-0.2, -0.15) is 0 Å². The van der Waals surface area contributed by atoms with Gasteiger partial charge in [0.2, 0.25) is 0 Å². The number of carboxylic acids is 1.